The van der Waals surface area contributed by atoms with Crippen LogP contribution >= 0.6 is 0 Å². The van der Waals surface area contributed by atoms with Crippen LogP contribution in [0.3, 0.4) is 0 Å². The molecule has 1 aliphatic heterocycles. The number of carboxylic acid groups (broad SMARTS) is 2. The van der Waals surface area contributed by atoms with Crippen molar-refractivity contribution >= 4 is 23.8 Å². The first-order chi connectivity index (χ1) is 9.73. The molecule has 0 aromatic rings. The maximum Gasteiger partial charge on any atom is 0.333 e. The van der Waals surface area contributed by atoms with E-state index in [1.165, 1.54) is 11.8 Å². The summed E-state index contributed by atoms with van der Waals surface area (Å²) in [6.07, 6.45) is -1.58. The fourth-order valence-corrected chi connectivity index (χ4v) is 2.16. The number of nitrogens with zero attached hydrogens (tertiary/aromatic N) is 1. The molecular formula is C12H18N2O7. The number of aliphatic carboxylic acids is 2. The van der Waals surface area contributed by atoms with Crippen LogP contribution in [0.5, 0.6) is 0 Å². The van der Waals surface area contributed by atoms with E-state index in [0.717, 1.165) is 0 Å². The average molecular weight is 302 g/mol. The van der Waals surface area contributed by atoms with Gasteiger partial charge in [0.05, 0.1) is 6.42 Å². The Labute approximate surface area is 120 Å². The molecule has 9 heteroatoms. The number of aliphatic hydroxyl groups is 1. The Morgan fingerprint density at radius 2 is 1.90 bits per heavy atom. The highest BCUT2D eigenvalue weighted by Crippen LogP contribution is 2.18. The highest BCUT2D eigenvalue weighted by molar-refractivity contribution is 5.91. The summed E-state index contributed by atoms with van der Waals surface area (Å²) in [6.45, 7) is 1.68. The minimum absolute atomic E-state index is 0.299. The predicted molar refractivity (Wildman–Crippen MR) is 68.2 cm³/mol. The van der Waals surface area contributed by atoms with Gasteiger partial charge in [0.2, 0.25) is 11.8 Å². The van der Waals surface area contributed by atoms with Crippen molar-refractivity contribution in [3.63, 3.8) is 0 Å². The summed E-state index contributed by atoms with van der Waals surface area (Å²) in [5, 5.41) is 28.8. The van der Waals surface area contributed by atoms with Gasteiger partial charge in [0.25, 0.3) is 0 Å². The van der Waals surface area contributed by atoms with E-state index in [4.69, 9.17) is 15.3 Å². The van der Waals surface area contributed by atoms with Crippen molar-refractivity contribution < 1.29 is 34.5 Å². The molecule has 118 valence electrons. The molecule has 1 unspecified atom stereocenters. The van der Waals surface area contributed by atoms with Crippen molar-refractivity contribution in [2.24, 2.45) is 0 Å². The molecule has 0 saturated carbocycles. The Morgan fingerprint density at radius 1 is 1.29 bits per heavy atom. The second kappa shape index (κ2) is 7.02. The quantitative estimate of drug-likeness (QED) is 0.462. The summed E-state index contributed by atoms with van der Waals surface area (Å²) in [6, 6.07) is -1.89. The Morgan fingerprint density at radius 3 is 2.43 bits per heavy atom. The molecule has 4 N–H and O–H groups in total. The van der Waals surface area contributed by atoms with Crippen molar-refractivity contribution in [1.29, 1.82) is 0 Å². The SMILES string of the molecule is C[C@H](NC(=O)CC(O)C(=O)O)C(=O)N1CCC[C@H]1C(=O)O. The molecule has 0 aromatic carbocycles. The van der Waals surface area contributed by atoms with Crippen molar-refractivity contribution in [2.45, 2.75) is 44.4 Å². The predicted octanol–water partition coefficient (Wildman–Crippen LogP) is -1.60. The van der Waals surface area contributed by atoms with Crippen LogP contribution in [-0.2, 0) is 19.2 Å². The van der Waals surface area contributed by atoms with Crippen molar-refractivity contribution in [3.8, 4) is 0 Å². The van der Waals surface area contributed by atoms with Crippen molar-refractivity contribution in [2.75, 3.05) is 6.54 Å². The summed E-state index contributed by atoms with van der Waals surface area (Å²) in [4.78, 5) is 46.2. The van der Waals surface area contributed by atoms with Gasteiger partial charge in [0, 0.05) is 6.54 Å². The summed E-state index contributed by atoms with van der Waals surface area (Å²) < 4.78 is 0. The fraction of sp³-hybridized carbons (Fsp3) is 0.667. The molecule has 1 saturated heterocycles. The normalized spacial score (nSPS) is 20.7. The van der Waals surface area contributed by atoms with Crippen LogP contribution in [0.1, 0.15) is 26.2 Å². The van der Waals surface area contributed by atoms with Gasteiger partial charge >= 0.3 is 11.9 Å². The van der Waals surface area contributed by atoms with E-state index >= 15 is 0 Å². The highest BCUT2D eigenvalue weighted by Gasteiger charge is 2.36. The average Bonchev–Trinajstić information content (AvgIpc) is 2.86. The third kappa shape index (κ3) is 4.42. The molecule has 9 nitrogen and oxygen atoms in total. The summed E-state index contributed by atoms with van der Waals surface area (Å²) in [5.74, 6) is -3.97. The Kier molecular flexibility index (Phi) is 5.65. The number of carboxylic acids is 2. The molecule has 0 spiro atoms. The Bertz CT molecular complexity index is 451. The van der Waals surface area contributed by atoms with Crippen LogP contribution in [-0.4, -0.2) is 68.7 Å². The minimum atomic E-state index is -1.84. The van der Waals surface area contributed by atoms with E-state index in [1.54, 1.807) is 0 Å². The van der Waals surface area contributed by atoms with Crippen LogP contribution in [0.25, 0.3) is 0 Å². The minimum Gasteiger partial charge on any atom is -0.480 e. The van der Waals surface area contributed by atoms with Gasteiger partial charge in [-0.2, -0.15) is 0 Å². The van der Waals surface area contributed by atoms with E-state index in [0.29, 0.717) is 19.4 Å². The standard InChI is InChI=1S/C12H18N2O7/c1-6(13-9(16)5-8(15)12(20)21)10(17)14-4-2-3-7(14)11(18)19/h6-8,15H,2-5H2,1H3,(H,13,16)(H,18,19)(H,20,21)/t6-,7-,8?/m0/s1. The highest BCUT2D eigenvalue weighted by atomic mass is 16.4. The molecule has 0 aliphatic carbocycles. The van der Waals surface area contributed by atoms with Crippen LogP contribution in [0.4, 0.5) is 0 Å². The van der Waals surface area contributed by atoms with Gasteiger partial charge in [-0.3, -0.25) is 9.59 Å². The van der Waals surface area contributed by atoms with Gasteiger partial charge in [-0.05, 0) is 19.8 Å². The zero-order valence-corrected chi connectivity index (χ0v) is 11.5. The molecule has 1 rings (SSSR count). The number of carbonyl (C=O) groups is 4. The molecule has 0 aromatic heterocycles. The molecule has 1 fully saturated rings. The second-order valence-corrected chi connectivity index (χ2v) is 4.88. The number of likely N-dealkylation sites (tertiary alicyclic amines) is 1. The monoisotopic (exact) mass is 302 g/mol. The number of carbonyl (C=O) groups excluding carboxylic acids is 2. The molecule has 0 radical (unpaired) electrons. The van der Waals surface area contributed by atoms with E-state index in [2.05, 4.69) is 5.32 Å². The Hall–Kier alpha value is -2.16. The van der Waals surface area contributed by atoms with Crippen LogP contribution < -0.4 is 5.32 Å². The lowest BCUT2D eigenvalue weighted by Gasteiger charge is -2.25. The summed E-state index contributed by atoms with van der Waals surface area (Å²) >= 11 is 0. The lowest BCUT2D eigenvalue weighted by atomic mass is 10.2. The number of nitrogens with one attached hydrogen (secondary N) is 1. The largest absolute Gasteiger partial charge is 0.480 e. The molecular weight excluding hydrogens is 284 g/mol. The second-order valence-electron chi connectivity index (χ2n) is 4.88. The lowest BCUT2D eigenvalue weighted by molar-refractivity contribution is -0.150. The number of hydrogen-bond acceptors (Lipinski definition) is 5. The zero-order valence-electron chi connectivity index (χ0n) is 11.5. The maximum absolute atomic E-state index is 12.1. The first-order valence-corrected chi connectivity index (χ1v) is 6.47. The first-order valence-electron chi connectivity index (χ1n) is 6.47. The van der Waals surface area contributed by atoms with Gasteiger partial charge in [-0.15, -0.1) is 0 Å². The molecule has 21 heavy (non-hydrogen) atoms. The fourth-order valence-electron chi connectivity index (χ4n) is 2.16. The van der Waals surface area contributed by atoms with Crippen molar-refractivity contribution in [1.82, 2.24) is 10.2 Å². The van der Waals surface area contributed by atoms with Crippen LogP contribution in [0.15, 0.2) is 0 Å². The molecule has 0 bridgehead atoms. The Balaban J connectivity index is 2.56. The van der Waals surface area contributed by atoms with E-state index in [-0.39, 0.29) is 0 Å². The summed E-state index contributed by atoms with van der Waals surface area (Å²) in [7, 11) is 0. The topological polar surface area (TPSA) is 144 Å². The lowest BCUT2D eigenvalue weighted by Crippen LogP contribution is -2.50. The molecule has 3 atom stereocenters. The third-order valence-corrected chi connectivity index (χ3v) is 3.23. The molecule has 1 aliphatic rings. The van der Waals surface area contributed by atoms with Crippen LogP contribution in [0, 0.1) is 0 Å². The van der Waals surface area contributed by atoms with Gasteiger partial charge in [-0.25, -0.2) is 9.59 Å². The molecule has 1 heterocycles. The smallest absolute Gasteiger partial charge is 0.333 e. The van der Waals surface area contributed by atoms with E-state index in [1.807, 2.05) is 0 Å². The van der Waals surface area contributed by atoms with Gasteiger partial charge in [0.15, 0.2) is 6.10 Å². The van der Waals surface area contributed by atoms with Gasteiger partial charge < -0.3 is 25.5 Å². The van der Waals surface area contributed by atoms with E-state index in [9.17, 15) is 19.2 Å². The zero-order chi connectivity index (χ0) is 16.2. The summed E-state index contributed by atoms with van der Waals surface area (Å²) in [5.41, 5.74) is 0. The number of aliphatic hydroxyl groups excluding tert-OH is 1. The number of hydrogen-bond donors (Lipinski definition) is 4. The first kappa shape index (κ1) is 16.9. The van der Waals surface area contributed by atoms with Crippen LogP contribution in [0.2, 0.25) is 0 Å². The maximum atomic E-state index is 12.1. The van der Waals surface area contributed by atoms with E-state index < -0.39 is 48.4 Å². The van der Waals surface area contributed by atoms with Gasteiger partial charge in [0.1, 0.15) is 12.1 Å². The van der Waals surface area contributed by atoms with Gasteiger partial charge in [-0.1, -0.05) is 0 Å². The van der Waals surface area contributed by atoms with Crippen molar-refractivity contribution in [3.05, 3.63) is 0 Å². The third-order valence-electron chi connectivity index (χ3n) is 3.23. The molecule has 2 amide bonds. The number of rotatable bonds is 6. The number of amides is 2.